The topological polar surface area (TPSA) is 157 Å². The number of methoxy groups -OCH3 is 4. The van der Waals surface area contributed by atoms with Crippen LogP contribution in [0.25, 0.3) is 22.3 Å². The summed E-state index contributed by atoms with van der Waals surface area (Å²) >= 11 is 0. The van der Waals surface area contributed by atoms with Gasteiger partial charge >= 0.3 is 12.2 Å². The van der Waals surface area contributed by atoms with Crippen LogP contribution in [0, 0.1) is 0 Å². The van der Waals surface area contributed by atoms with Crippen LogP contribution in [0.3, 0.4) is 0 Å². The number of rotatable bonds is 14. The maximum atomic E-state index is 13.6. The molecule has 2 aliphatic heterocycles. The van der Waals surface area contributed by atoms with E-state index in [0.29, 0.717) is 13.0 Å². The van der Waals surface area contributed by atoms with E-state index in [9.17, 15) is 19.2 Å². The van der Waals surface area contributed by atoms with Gasteiger partial charge in [0.15, 0.2) is 0 Å². The number of allylic oxidation sites excluding steroid dienone is 4. The Morgan fingerprint density at radius 1 is 0.745 bits per heavy atom. The van der Waals surface area contributed by atoms with Crippen molar-refractivity contribution < 1.29 is 38.1 Å². The summed E-state index contributed by atoms with van der Waals surface area (Å²) in [6.07, 6.45) is 8.40. The van der Waals surface area contributed by atoms with Gasteiger partial charge < -0.3 is 39.8 Å². The zero-order chi connectivity index (χ0) is 39.3. The number of ether oxygens (including phenoxy) is 4. The van der Waals surface area contributed by atoms with Crippen molar-refractivity contribution in [3.8, 4) is 11.1 Å². The summed E-state index contributed by atoms with van der Waals surface area (Å²) in [7, 11) is 5.54. The van der Waals surface area contributed by atoms with Gasteiger partial charge in [0, 0.05) is 39.1 Å². The Morgan fingerprint density at radius 3 is 1.85 bits per heavy atom. The molecule has 4 amide bonds. The van der Waals surface area contributed by atoms with E-state index in [-0.39, 0.29) is 17.9 Å². The SMILES string of the molecule is COC(=O)N[C@H](C(=O)NC1(C2=NC=C(c3ccc(-c4ccc(C5=CC=C([C@@H]6CCCN6C(=O)[C@@H](NC(=O)OC)[C@@H](C)OC)C5)cc4)cc3)C2)CC1)[C@@H](C)OC. The summed E-state index contributed by atoms with van der Waals surface area (Å²) in [6, 6.07) is 15.2. The summed E-state index contributed by atoms with van der Waals surface area (Å²) in [5.74, 6) is -0.507. The number of likely N-dealkylation sites (tertiary alicyclic amines) is 1. The standard InChI is InChI=1S/C42H51N5O8/c1-25(52-3)36(44-40(50)54-5)38(48)46-42(19-20-42)35-23-33(24-43-35)30-15-11-28(12-16-30)27-9-13-29(14-10-27)31-17-18-32(22-31)34-8-7-21-47(34)39(49)37(26(2)53-4)45-41(51)55-6/h9-18,24-26,34,36-37H,7-8,19-23H2,1-6H3,(H,44,50)(H,45,51)(H,46,48)/t25-,26-,34+,36+,37+/m1/s1. The van der Waals surface area contributed by atoms with Crippen LogP contribution in [-0.4, -0.2) is 105 Å². The molecule has 2 fully saturated rings. The van der Waals surface area contributed by atoms with E-state index >= 15 is 0 Å². The molecule has 1 saturated heterocycles. The number of alkyl carbamates (subject to hydrolysis) is 2. The van der Waals surface area contributed by atoms with E-state index in [1.165, 1.54) is 39.6 Å². The molecule has 0 spiro atoms. The minimum Gasteiger partial charge on any atom is -0.453 e. The van der Waals surface area contributed by atoms with E-state index < -0.39 is 42.0 Å². The van der Waals surface area contributed by atoms with Crippen molar-refractivity contribution in [2.24, 2.45) is 4.99 Å². The van der Waals surface area contributed by atoms with Gasteiger partial charge in [-0.3, -0.25) is 14.6 Å². The number of aliphatic imine (C=N–C) groups is 1. The quantitative estimate of drug-likeness (QED) is 0.231. The third-order valence-electron chi connectivity index (χ3n) is 11.2. The highest BCUT2D eigenvalue weighted by atomic mass is 16.5. The molecule has 3 N–H and O–H groups in total. The number of carbonyl (C=O) groups is 4. The van der Waals surface area contributed by atoms with Crippen LogP contribution in [-0.2, 0) is 28.5 Å². The molecule has 2 aliphatic carbocycles. The fourth-order valence-corrected chi connectivity index (χ4v) is 7.56. The molecule has 2 aromatic rings. The fourth-order valence-electron chi connectivity index (χ4n) is 7.56. The predicted octanol–water partition coefficient (Wildman–Crippen LogP) is 5.41. The van der Waals surface area contributed by atoms with Gasteiger partial charge in [-0.25, -0.2) is 9.59 Å². The number of benzene rings is 2. The third-order valence-corrected chi connectivity index (χ3v) is 11.2. The summed E-state index contributed by atoms with van der Waals surface area (Å²) < 4.78 is 20.2. The molecular weight excluding hydrogens is 702 g/mol. The average molecular weight is 754 g/mol. The van der Waals surface area contributed by atoms with Crippen LogP contribution in [0.5, 0.6) is 0 Å². The Morgan fingerprint density at radius 2 is 1.29 bits per heavy atom. The number of carbonyl (C=O) groups excluding carboxylic acids is 4. The molecule has 5 atom stereocenters. The van der Waals surface area contributed by atoms with E-state index in [4.69, 9.17) is 23.9 Å². The molecule has 292 valence electrons. The second-order valence-corrected chi connectivity index (χ2v) is 14.5. The molecule has 13 nitrogen and oxygen atoms in total. The van der Waals surface area contributed by atoms with Crippen molar-refractivity contribution in [2.75, 3.05) is 35.0 Å². The molecule has 4 aliphatic rings. The summed E-state index contributed by atoms with van der Waals surface area (Å²) in [5.41, 5.74) is 8.23. The Kier molecular flexibility index (Phi) is 12.2. The lowest BCUT2D eigenvalue weighted by atomic mass is 9.94. The van der Waals surface area contributed by atoms with Crippen molar-refractivity contribution >= 4 is 40.9 Å². The minimum absolute atomic E-state index is 0.0394. The normalized spacial score (nSPS) is 20.5. The lowest BCUT2D eigenvalue weighted by Gasteiger charge is -2.32. The maximum absolute atomic E-state index is 13.6. The first kappa shape index (κ1) is 39.4. The Labute approximate surface area is 322 Å². The van der Waals surface area contributed by atoms with Crippen molar-refractivity contribution in [3.05, 3.63) is 83.6 Å². The molecule has 1 saturated carbocycles. The van der Waals surface area contributed by atoms with Gasteiger partial charge in [0.25, 0.3) is 0 Å². The summed E-state index contributed by atoms with van der Waals surface area (Å²) in [6.45, 7) is 4.10. The average Bonchev–Trinajstić information content (AvgIpc) is 3.62. The first-order valence-corrected chi connectivity index (χ1v) is 18.7. The highest BCUT2D eigenvalue weighted by Crippen LogP contribution is 2.42. The number of hydrogen-bond acceptors (Lipinski definition) is 9. The van der Waals surface area contributed by atoms with Crippen molar-refractivity contribution in [1.82, 2.24) is 20.9 Å². The lowest BCUT2D eigenvalue weighted by Crippen LogP contribution is -2.56. The summed E-state index contributed by atoms with van der Waals surface area (Å²) in [4.78, 5) is 57.4. The molecule has 0 bridgehead atoms. The molecule has 6 rings (SSSR count). The van der Waals surface area contributed by atoms with E-state index in [0.717, 1.165) is 65.6 Å². The summed E-state index contributed by atoms with van der Waals surface area (Å²) in [5, 5.41) is 8.36. The highest BCUT2D eigenvalue weighted by molar-refractivity contribution is 6.08. The van der Waals surface area contributed by atoms with Gasteiger partial charge in [-0.15, -0.1) is 0 Å². The number of hydrogen-bond donors (Lipinski definition) is 3. The molecule has 0 radical (unpaired) electrons. The predicted molar refractivity (Wildman–Crippen MR) is 209 cm³/mol. The monoisotopic (exact) mass is 753 g/mol. The van der Waals surface area contributed by atoms with Gasteiger partial charge in [-0.05, 0) is 84.9 Å². The van der Waals surface area contributed by atoms with Crippen molar-refractivity contribution in [2.45, 2.75) is 88.2 Å². The van der Waals surface area contributed by atoms with Crippen LogP contribution in [0.15, 0.2) is 77.4 Å². The maximum Gasteiger partial charge on any atom is 0.407 e. The van der Waals surface area contributed by atoms with Crippen LogP contribution in [0.2, 0.25) is 0 Å². The molecule has 2 heterocycles. The van der Waals surface area contributed by atoms with Crippen molar-refractivity contribution in [3.63, 3.8) is 0 Å². The smallest absolute Gasteiger partial charge is 0.407 e. The Hall–Kier alpha value is -5.27. The molecule has 55 heavy (non-hydrogen) atoms. The number of nitrogens with one attached hydrogen (secondary N) is 3. The molecule has 2 aromatic carbocycles. The van der Waals surface area contributed by atoms with Gasteiger partial charge in [0.2, 0.25) is 11.8 Å². The molecule has 0 aromatic heterocycles. The first-order chi connectivity index (χ1) is 26.5. The number of nitrogens with zero attached hydrogens (tertiary/aromatic N) is 2. The van der Waals surface area contributed by atoms with E-state index in [1.54, 1.807) is 13.8 Å². The van der Waals surface area contributed by atoms with E-state index in [2.05, 4.69) is 76.6 Å². The van der Waals surface area contributed by atoms with E-state index in [1.807, 2.05) is 11.1 Å². The first-order valence-electron chi connectivity index (χ1n) is 18.7. The van der Waals surface area contributed by atoms with Crippen LogP contribution < -0.4 is 16.0 Å². The second-order valence-electron chi connectivity index (χ2n) is 14.5. The van der Waals surface area contributed by atoms with Crippen LogP contribution in [0.1, 0.15) is 63.5 Å². The largest absolute Gasteiger partial charge is 0.453 e. The molecule has 13 heteroatoms. The zero-order valence-corrected chi connectivity index (χ0v) is 32.3. The van der Waals surface area contributed by atoms with Gasteiger partial charge in [0.1, 0.15) is 12.1 Å². The minimum atomic E-state index is -0.905. The lowest BCUT2D eigenvalue weighted by molar-refractivity contribution is -0.136. The second kappa shape index (κ2) is 17.0. The highest BCUT2D eigenvalue weighted by Gasteiger charge is 2.50. The Balaban J connectivity index is 1.03. The Bertz CT molecular complexity index is 1900. The molecular formula is C42H51N5O8. The van der Waals surface area contributed by atoms with Gasteiger partial charge in [0.05, 0.1) is 38.0 Å². The van der Waals surface area contributed by atoms with Crippen LogP contribution >= 0.6 is 0 Å². The van der Waals surface area contributed by atoms with Crippen molar-refractivity contribution in [1.29, 1.82) is 0 Å². The van der Waals surface area contributed by atoms with Gasteiger partial charge in [-0.2, -0.15) is 0 Å². The van der Waals surface area contributed by atoms with Gasteiger partial charge in [-0.1, -0.05) is 60.7 Å². The molecule has 0 unspecified atom stereocenters. The zero-order valence-electron chi connectivity index (χ0n) is 32.3. The fraction of sp³-hybridized carbons (Fsp3) is 0.452. The number of amides is 4. The van der Waals surface area contributed by atoms with Crippen LogP contribution in [0.4, 0.5) is 9.59 Å². The third kappa shape index (κ3) is 8.68.